The second-order valence-corrected chi connectivity index (χ2v) is 13.3. The summed E-state index contributed by atoms with van der Waals surface area (Å²) < 4.78 is 17.1. The van der Waals surface area contributed by atoms with Gasteiger partial charge in [-0.2, -0.15) is 11.8 Å². The Morgan fingerprint density at radius 3 is 2.30 bits per heavy atom. The molecule has 2 saturated heterocycles. The fourth-order valence-corrected chi connectivity index (χ4v) is 7.87. The van der Waals surface area contributed by atoms with E-state index in [1.165, 1.54) is 10.6 Å². The van der Waals surface area contributed by atoms with Gasteiger partial charge in [0.25, 0.3) is 5.56 Å². The van der Waals surface area contributed by atoms with Gasteiger partial charge >= 0.3 is 5.69 Å². The van der Waals surface area contributed by atoms with Crippen molar-refractivity contribution < 1.29 is 14.0 Å². The van der Waals surface area contributed by atoms with E-state index in [1.807, 2.05) is 47.0 Å². The number of pyridine rings is 1. The van der Waals surface area contributed by atoms with Crippen LogP contribution in [0.15, 0.2) is 52.2 Å². The predicted molar refractivity (Wildman–Crippen MR) is 168 cm³/mol. The third kappa shape index (κ3) is 6.76. The molecule has 10 nitrogen and oxygen atoms in total. The average molecular weight is 623 g/mol. The fraction of sp³-hybridized carbons (Fsp3) is 0.531. The van der Waals surface area contributed by atoms with Crippen LogP contribution in [-0.2, 0) is 16.0 Å². The number of hydrogen-bond donors (Lipinski definition) is 1. The van der Waals surface area contributed by atoms with Gasteiger partial charge in [0.05, 0.1) is 24.5 Å². The maximum Gasteiger partial charge on any atom is 0.333 e. The molecule has 44 heavy (non-hydrogen) atoms. The lowest BCUT2D eigenvalue weighted by molar-refractivity contribution is -0.132. The molecule has 3 fully saturated rings. The molecule has 3 aliphatic rings. The fourth-order valence-electron chi connectivity index (χ4n) is 6.79. The Balaban J connectivity index is 1.04. The lowest BCUT2D eigenvalue weighted by atomic mass is 9.91. The summed E-state index contributed by atoms with van der Waals surface area (Å²) in [5.41, 5.74) is 0.399. The molecule has 2 aromatic heterocycles. The van der Waals surface area contributed by atoms with E-state index in [1.54, 1.807) is 4.57 Å². The van der Waals surface area contributed by atoms with Gasteiger partial charge in [-0.15, -0.1) is 0 Å². The van der Waals surface area contributed by atoms with Gasteiger partial charge in [-0.25, -0.2) is 14.2 Å². The number of nitrogens with one attached hydrogen (secondary N) is 1. The molecule has 0 radical (unpaired) electrons. The van der Waals surface area contributed by atoms with Crippen LogP contribution in [0, 0.1) is 5.82 Å². The van der Waals surface area contributed by atoms with Crippen LogP contribution in [0.5, 0.6) is 0 Å². The van der Waals surface area contributed by atoms with Crippen LogP contribution in [-0.4, -0.2) is 86.0 Å². The maximum atomic E-state index is 14.2. The third-order valence-electron chi connectivity index (χ3n) is 9.20. The van der Waals surface area contributed by atoms with Gasteiger partial charge in [0.15, 0.2) is 0 Å². The van der Waals surface area contributed by atoms with Crippen LogP contribution in [0.25, 0.3) is 11.0 Å². The van der Waals surface area contributed by atoms with Crippen molar-refractivity contribution in [2.45, 2.75) is 63.1 Å². The molecule has 3 aromatic rings. The molecule has 234 valence electrons. The molecular formula is C32H39FN6O4S. The Labute approximate surface area is 259 Å². The summed E-state index contributed by atoms with van der Waals surface area (Å²) >= 11 is 1.84. The molecule has 2 amide bonds. The first kappa shape index (κ1) is 30.5. The Morgan fingerprint density at radius 2 is 1.59 bits per heavy atom. The number of carbonyl (C=O) groups excluding carboxylic acids is 2. The van der Waals surface area contributed by atoms with Gasteiger partial charge in [-0.1, -0.05) is 30.3 Å². The van der Waals surface area contributed by atoms with Gasteiger partial charge in [0.1, 0.15) is 11.5 Å². The quantitative estimate of drug-likeness (QED) is 0.432. The molecule has 1 N–H and O–H groups in total. The largest absolute Gasteiger partial charge is 0.352 e. The van der Waals surface area contributed by atoms with E-state index in [9.17, 15) is 23.6 Å². The van der Waals surface area contributed by atoms with Crippen molar-refractivity contribution >= 4 is 34.6 Å². The highest BCUT2D eigenvalue weighted by atomic mass is 32.2. The zero-order chi connectivity index (χ0) is 30.6. The number of nitrogens with zero attached hydrogens (tertiary/aromatic N) is 5. The number of aromatic nitrogens is 3. The summed E-state index contributed by atoms with van der Waals surface area (Å²) in [6.45, 7) is 2.76. The summed E-state index contributed by atoms with van der Waals surface area (Å²) in [4.78, 5) is 61.0. The SMILES string of the molecule is O=C(CN1CCN(C(=O)Cc2ccccc2)CC1)NC1CCC(n2c(=O)c3cc(F)cnc3n(C3CCSCC3)c2=O)CC1. The van der Waals surface area contributed by atoms with Gasteiger partial charge in [0, 0.05) is 44.3 Å². The van der Waals surface area contributed by atoms with Gasteiger partial charge in [0.2, 0.25) is 11.8 Å². The molecule has 12 heteroatoms. The molecule has 6 rings (SSSR count). The van der Waals surface area contributed by atoms with Crippen molar-refractivity contribution in [3.05, 3.63) is 74.8 Å². The van der Waals surface area contributed by atoms with Gasteiger partial charge < -0.3 is 10.2 Å². The molecule has 1 saturated carbocycles. The molecule has 0 spiro atoms. The number of piperazine rings is 1. The number of fused-ring (bicyclic) bond motifs is 1. The van der Waals surface area contributed by atoms with Crippen molar-refractivity contribution in [2.75, 3.05) is 44.2 Å². The number of benzene rings is 1. The lowest BCUT2D eigenvalue weighted by Gasteiger charge is -2.35. The minimum absolute atomic E-state index is 0.0413. The number of halogens is 1. The first-order valence-electron chi connectivity index (χ1n) is 15.6. The second kappa shape index (κ2) is 13.6. The Kier molecular flexibility index (Phi) is 9.46. The average Bonchev–Trinajstić information content (AvgIpc) is 3.03. The van der Waals surface area contributed by atoms with E-state index in [0.717, 1.165) is 36.1 Å². The molecule has 2 aliphatic heterocycles. The van der Waals surface area contributed by atoms with Crippen LogP contribution in [0.3, 0.4) is 0 Å². The highest BCUT2D eigenvalue weighted by molar-refractivity contribution is 7.99. The summed E-state index contributed by atoms with van der Waals surface area (Å²) in [5.74, 6) is 1.29. The normalized spacial score (nSPS) is 21.8. The summed E-state index contributed by atoms with van der Waals surface area (Å²) in [6, 6.07) is 10.5. The standard InChI is InChI=1S/C32H39FN6O4S/c33-23-19-27-30(34-20-23)38(26-10-16-44-17-11-26)32(43)39(31(27)42)25-8-6-24(7-9-25)35-28(40)21-36-12-14-37(15-13-36)29(41)18-22-4-2-1-3-5-22/h1-5,19-20,24-26H,6-18,21H2,(H,35,40). The zero-order valence-corrected chi connectivity index (χ0v) is 25.6. The summed E-state index contributed by atoms with van der Waals surface area (Å²) in [7, 11) is 0. The Bertz CT molecular complexity index is 1610. The van der Waals surface area contributed by atoms with Crippen LogP contribution in [0.4, 0.5) is 4.39 Å². The maximum absolute atomic E-state index is 14.2. The molecule has 4 heterocycles. The van der Waals surface area contributed by atoms with Crippen molar-refractivity contribution in [1.82, 2.24) is 29.2 Å². The van der Waals surface area contributed by atoms with E-state index >= 15 is 0 Å². The van der Waals surface area contributed by atoms with E-state index in [0.29, 0.717) is 58.3 Å². The van der Waals surface area contributed by atoms with E-state index < -0.39 is 11.4 Å². The van der Waals surface area contributed by atoms with Gasteiger partial charge in [-0.3, -0.25) is 28.4 Å². The van der Waals surface area contributed by atoms with Crippen LogP contribution < -0.4 is 16.6 Å². The number of carbonyl (C=O) groups is 2. The molecule has 1 aliphatic carbocycles. The molecule has 1 aromatic carbocycles. The summed E-state index contributed by atoms with van der Waals surface area (Å²) in [5, 5.41) is 3.28. The predicted octanol–water partition coefficient (Wildman–Crippen LogP) is 2.75. The van der Waals surface area contributed by atoms with Crippen molar-refractivity contribution in [3.8, 4) is 0 Å². The smallest absolute Gasteiger partial charge is 0.333 e. The highest BCUT2D eigenvalue weighted by Crippen LogP contribution is 2.30. The number of hydrogen-bond acceptors (Lipinski definition) is 7. The number of rotatable bonds is 7. The minimum Gasteiger partial charge on any atom is -0.352 e. The lowest BCUT2D eigenvalue weighted by Crippen LogP contribution is -2.52. The van der Waals surface area contributed by atoms with Gasteiger partial charge in [-0.05, 0) is 61.7 Å². The molecule has 0 atom stereocenters. The third-order valence-corrected chi connectivity index (χ3v) is 10.2. The van der Waals surface area contributed by atoms with Crippen molar-refractivity contribution in [2.24, 2.45) is 0 Å². The first-order chi connectivity index (χ1) is 21.4. The first-order valence-corrected chi connectivity index (χ1v) is 16.8. The van der Waals surface area contributed by atoms with Crippen molar-refractivity contribution in [1.29, 1.82) is 0 Å². The molecule has 0 bridgehead atoms. The van der Waals surface area contributed by atoms with Crippen LogP contribution in [0.1, 0.15) is 56.2 Å². The molecule has 0 unspecified atom stereocenters. The second-order valence-electron chi connectivity index (χ2n) is 12.1. The Hall–Kier alpha value is -3.51. The zero-order valence-electron chi connectivity index (χ0n) is 24.8. The minimum atomic E-state index is -0.600. The van der Waals surface area contributed by atoms with E-state index in [2.05, 4.69) is 15.2 Å². The Morgan fingerprint density at radius 1 is 0.909 bits per heavy atom. The number of thioether (sulfide) groups is 1. The highest BCUT2D eigenvalue weighted by Gasteiger charge is 2.30. The summed E-state index contributed by atoms with van der Waals surface area (Å²) in [6.07, 6.45) is 5.47. The van der Waals surface area contributed by atoms with E-state index in [-0.39, 0.29) is 53.2 Å². The monoisotopic (exact) mass is 622 g/mol. The topological polar surface area (TPSA) is 110 Å². The number of amides is 2. The molecular weight excluding hydrogens is 583 g/mol. The van der Waals surface area contributed by atoms with Crippen LogP contribution >= 0.6 is 11.8 Å². The van der Waals surface area contributed by atoms with E-state index in [4.69, 9.17) is 0 Å². The van der Waals surface area contributed by atoms with Crippen molar-refractivity contribution in [3.63, 3.8) is 0 Å². The van der Waals surface area contributed by atoms with Crippen LogP contribution in [0.2, 0.25) is 0 Å².